The van der Waals surface area contributed by atoms with Gasteiger partial charge in [-0.1, -0.05) is 96.8 Å². The Morgan fingerprint density at radius 3 is 1.72 bits per heavy atom. The number of carbonyl (C=O) groups is 1. The zero-order chi connectivity index (χ0) is 21.3. The molecule has 1 aromatic rings. The number of aliphatic carboxylic acids is 1. The molecule has 0 amide bonds. The largest absolute Gasteiger partial charge is 0.476 e. The summed E-state index contributed by atoms with van der Waals surface area (Å²) in [6.45, 7) is 6.33. The fourth-order valence-corrected chi connectivity index (χ4v) is 4.14. The van der Waals surface area contributed by atoms with Crippen molar-refractivity contribution in [2.24, 2.45) is 0 Å². The van der Waals surface area contributed by atoms with Crippen LogP contribution in [0.15, 0.2) is 18.3 Å². The predicted molar refractivity (Wildman–Crippen MR) is 122 cm³/mol. The third-order valence-electron chi connectivity index (χ3n) is 6.25. The molecule has 1 atom stereocenters. The van der Waals surface area contributed by atoms with Crippen molar-refractivity contribution >= 4 is 5.97 Å². The van der Waals surface area contributed by atoms with E-state index < -0.39 is 12.0 Å². The van der Waals surface area contributed by atoms with Crippen molar-refractivity contribution < 1.29 is 14.5 Å². The lowest BCUT2D eigenvalue weighted by Crippen LogP contribution is -2.46. The van der Waals surface area contributed by atoms with Crippen molar-refractivity contribution in [3.05, 3.63) is 29.6 Å². The quantitative estimate of drug-likeness (QED) is 0.203. The molecule has 1 unspecified atom stereocenters. The normalized spacial score (nSPS) is 12.2. The maximum absolute atomic E-state index is 11.7. The Balaban J connectivity index is 2.03. The van der Waals surface area contributed by atoms with Crippen LogP contribution in [0.5, 0.6) is 0 Å². The molecule has 1 N–H and O–H groups in total. The van der Waals surface area contributed by atoms with Gasteiger partial charge < -0.3 is 5.11 Å². The van der Waals surface area contributed by atoms with Gasteiger partial charge in [-0.15, -0.1) is 0 Å². The second kappa shape index (κ2) is 16.4. The van der Waals surface area contributed by atoms with Crippen LogP contribution in [0.25, 0.3) is 0 Å². The van der Waals surface area contributed by atoms with Crippen LogP contribution < -0.4 is 4.57 Å². The summed E-state index contributed by atoms with van der Waals surface area (Å²) in [5, 5.41) is 9.64. The second-order valence-electron chi connectivity index (χ2n) is 8.78. The van der Waals surface area contributed by atoms with E-state index in [1.165, 1.54) is 83.5 Å². The minimum Gasteiger partial charge on any atom is -0.476 e. The fraction of sp³-hybridized carbons (Fsp3) is 0.769. The van der Waals surface area contributed by atoms with Crippen molar-refractivity contribution in [3.63, 3.8) is 0 Å². The average molecular weight is 405 g/mol. The number of aryl methyl sites for hydroxylation is 1. The number of hydrogen-bond donors (Lipinski definition) is 1. The van der Waals surface area contributed by atoms with Crippen LogP contribution in [-0.4, -0.2) is 11.1 Å². The Bertz CT molecular complexity index is 556. The van der Waals surface area contributed by atoms with Gasteiger partial charge in [0.25, 0.3) is 6.04 Å². The van der Waals surface area contributed by atoms with E-state index >= 15 is 0 Å². The summed E-state index contributed by atoms with van der Waals surface area (Å²) < 4.78 is 1.93. The highest BCUT2D eigenvalue weighted by Gasteiger charge is 2.28. The lowest BCUT2D eigenvalue weighted by atomic mass is 10.0. The van der Waals surface area contributed by atoms with Crippen LogP contribution in [-0.2, 0) is 4.79 Å². The molecule has 0 spiro atoms. The number of carboxylic acids is 1. The minimum absolute atomic E-state index is 0.433. The van der Waals surface area contributed by atoms with Gasteiger partial charge in [0, 0.05) is 25.0 Å². The van der Waals surface area contributed by atoms with E-state index in [4.69, 9.17) is 0 Å². The summed E-state index contributed by atoms with van der Waals surface area (Å²) >= 11 is 0. The van der Waals surface area contributed by atoms with E-state index in [-0.39, 0.29) is 0 Å². The Kier molecular flexibility index (Phi) is 14.5. The zero-order valence-electron chi connectivity index (χ0n) is 19.4. The number of aromatic nitrogens is 1. The van der Waals surface area contributed by atoms with E-state index in [1.807, 2.05) is 36.7 Å². The first-order valence-corrected chi connectivity index (χ1v) is 12.3. The van der Waals surface area contributed by atoms with Crippen LogP contribution in [0, 0.1) is 13.8 Å². The topological polar surface area (TPSA) is 41.2 Å². The van der Waals surface area contributed by atoms with Gasteiger partial charge in [0.2, 0.25) is 0 Å². The van der Waals surface area contributed by atoms with E-state index in [0.717, 1.165) is 30.5 Å². The number of rotatable bonds is 18. The summed E-state index contributed by atoms with van der Waals surface area (Å²) in [6, 6.07) is 3.56. The van der Waals surface area contributed by atoms with Crippen LogP contribution in [0.2, 0.25) is 0 Å². The monoisotopic (exact) mass is 404 g/mol. The van der Waals surface area contributed by atoms with Gasteiger partial charge in [0.15, 0.2) is 11.9 Å². The Morgan fingerprint density at radius 1 is 0.828 bits per heavy atom. The number of nitrogens with zero attached hydrogens (tertiary/aromatic N) is 1. The molecule has 0 aromatic carbocycles. The first-order chi connectivity index (χ1) is 14.1. The molecule has 3 heteroatoms. The summed E-state index contributed by atoms with van der Waals surface area (Å²) in [5.74, 6) is -0.714. The van der Waals surface area contributed by atoms with Crippen molar-refractivity contribution in [1.29, 1.82) is 0 Å². The Morgan fingerprint density at radius 2 is 1.28 bits per heavy atom. The lowest BCUT2D eigenvalue weighted by Gasteiger charge is -2.11. The summed E-state index contributed by atoms with van der Waals surface area (Å²) in [7, 11) is 0. The van der Waals surface area contributed by atoms with Crippen LogP contribution in [0.1, 0.15) is 127 Å². The zero-order valence-corrected chi connectivity index (χ0v) is 19.4. The molecule has 0 saturated heterocycles. The predicted octanol–water partition coefficient (Wildman–Crippen LogP) is 7.48. The number of pyridine rings is 1. The molecule has 0 aliphatic heterocycles. The van der Waals surface area contributed by atoms with Gasteiger partial charge in [0.1, 0.15) is 0 Å². The summed E-state index contributed by atoms with van der Waals surface area (Å²) in [4.78, 5) is 11.7. The van der Waals surface area contributed by atoms with Gasteiger partial charge in [-0.3, -0.25) is 0 Å². The molecular formula is C26H46NO2+. The molecule has 0 fully saturated rings. The standard InChI is InChI=1S/C26H45NO2/c1-4-5-6-7-8-9-10-11-12-13-14-15-16-17-18-21-25(26(28)29)27-22-19-20-23(2)24(27)3/h19-20,22,25H,4-18,21H2,1-3H3/p+1. The molecule has 1 aromatic heterocycles. The molecule has 166 valence electrons. The minimum atomic E-state index is -0.714. The number of hydrogen-bond acceptors (Lipinski definition) is 1. The molecule has 0 aliphatic rings. The van der Waals surface area contributed by atoms with Gasteiger partial charge in [-0.2, -0.15) is 4.57 Å². The third-order valence-corrected chi connectivity index (χ3v) is 6.25. The summed E-state index contributed by atoms with van der Waals surface area (Å²) in [5.41, 5.74) is 2.20. The molecule has 3 nitrogen and oxygen atoms in total. The van der Waals surface area contributed by atoms with E-state index in [2.05, 4.69) is 6.92 Å². The first kappa shape index (κ1) is 25.7. The fourth-order valence-electron chi connectivity index (χ4n) is 4.14. The molecule has 0 radical (unpaired) electrons. The molecule has 1 rings (SSSR count). The van der Waals surface area contributed by atoms with Gasteiger partial charge in [0.05, 0.1) is 0 Å². The highest BCUT2D eigenvalue weighted by molar-refractivity contribution is 5.69. The average Bonchev–Trinajstić information content (AvgIpc) is 2.70. The van der Waals surface area contributed by atoms with Crippen LogP contribution in [0.4, 0.5) is 0 Å². The van der Waals surface area contributed by atoms with E-state index in [9.17, 15) is 9.90 Å². The van der Waals surface area contributed by atoms with Crippen molar-refractivity contribution in [2.75, 3.05) is 0 Å². The Hall–Kier alpha value is -1.38. The molecule has 0 aliphatic carbocycles. The molecular weight excluding hydrogens is 358 g/mol. The van der Waals surface area contributed by atoms with Crippen molar-refractivity contribution in [2.45, 2.75) is 130 Å². The van der Waals surface area contributed by atoms with Crippen molar-refractivity contribution in [1.82, 2.24) is 0 Å². The molecule has 0 saturated carbocycles. The third kappa shape index (κ3) is 11.4. The van der Waals surface area contributed by atoms with E-state index in [1.54, 1.807) is 0 Å². The second-order valence-corrected chi connectivity index (χ2v) is 8.78. The highest BCUT2D eigenvalue weighted by atomic mass is 16.4. The van der Waals surface area contributed by atoms with Crippen LogP contribution >= 0.6 is 0 Å². The summed E-state index contributed by atoms with van der Waals surface area (Å²) in [6.07, 6.45) is 22.7. The SMILES string of the molecule is CCCCCCCCCCCCCCCCCC(C(=O)O)[n+]1cccc(C)c1C. The maximum Gasteiger partial charge on any atom is 0.373 e. The van der Waals surface area contributed by atoms with Gasteiger partial charge in [-0.25, -0.2) is 4.79 Å². The van der Waals surface area contributed by atoms with Crippen molar-refractivity contribution in [3.8, 4) is 0 Å². The highest BCUT2D eigenvalue weighted by Crippen LogP contribution is 2.16. The van der Waals surface area contributed by atoms with Crippen LogP contribution in [0.3, 0.4) is 0 Å². The van der Waals surface area contributed by atoms with Gasteiger partial charge >= 0.3 is 5.97 Å². The Labute approximate surface area is 179 Å². The van der Waals surface area contributed by atoms with Gasteiger partial charge in [-0.05, 0) is 19.4 Å². The molecule has 0 bridgehead atoms. The molecule has 1 heterocycles. The number of carboxylic acid groups (broad SMARTS) is 1. The lowest BCUT2D eigenvalue weighted by molar-refractivity contribution is -0.717. The first-order valence-electron chi connectivity index (χ1n) is 12.3. The smallest absolute Gasteiger partial charge is 0.373 e. The maximum atomic E-state index is 11.7. The number of unbranched alkanes of at least 4 members (excludes halogenated alkanes) is 14. The van der Waals surface area contributed by atoms with E-state index in [0.29, 0.717) is 0 Å². The molecule has 29 heavy (non-hydrogen) atoms.